The van der Waals surface area contributed by atoms with E-state index in [1.54, 1.807) is 11.1 Å². The molecule has 0 nitrogen and oxygen atoms in total. The first-order chi connectivity index (χ1) is 15.6. The third kappa shape index (κ3) is 7.19. The maximum absolute atomic E-state index is 6.17. The van der Waals surface area contributed by atoms with E-state index < -0.39 is 34.9 Å². The fourth-order valence-electron chi connectivity index (χ4n) is 5.38. The summed E-state index contributed by atoms with van der Waals surface area (Å²) in [5.41, 5.74) is 3.17. The molecule has 0 aliphatic heterocycles. The number of rotatable bonds is 7. The number of hydrogen-bond donors (Lipinski definition) is 0. The quantitative estimate of drug-likeness (QED) is 0.146. The minimum absolute atomic E-state index is 0.740. The Kier molecular flexibility index (Phi) is 11.5. The van der Waals surface area contributed by atoms with Crippen LogP contribution < -0.4 is 0 Å². The summed E-state index contributed by atoms with van der Waals surface area (Å²) in [6.07, 6.45) is 24.5. The van der Waals surface area contributed by atoms with Crippen molar-refractivity contribution in [3.05, 3.63) is 108 Å². The van der Waals surface area contributed by atoms with Gasteiger partial charge in [-0.05, 0) is 41.8 Å². The average Bonchev–Trinajstić information content (AvgIpc) is 3.27. The zero-order chi connectivity index (χ0) is 24.2. The molecule has 0 N–H and O–H groups in total. The Balaban J connectivity index is 0.000000968. The summed E-state index contributed by atoms with van der Waals surface area (Å²) < 4.78 is 0. The van der Waals surface area contributed by atoms with Crippen LogP contribution in [0, 0.1) is 59.4 Å². The van der Waals surface area contributed by atoms with E-state index in [1.165, 1.54) is 41.6 Å². The molecular formula is C25H27Cl5Si2Zr+2. The molecule has 8 heteroatoms. The molecule has 10 radical (unpaired) electrons. The van der Waals surface area contributed by atoms with Crippen LogP contribution in [0.15, 0.2) is 48.6 Å². The predicted molar refractivity (Wildman–Crippen MR) is 148 cm³/mol. The Labute approximate surface area is 236 Å². The minimum atomic E-state index is -2.56. The molecule has 4 rings (SSSR count). The summed E-state index contributed by atoms with van der Waals surface area (Å²) in [5, 5.41) is 0. The van der Waals surface area contributed by atoms with Crippen LogP contribution in [0.4, 0.5) is 0 Å². The topological polar surface area (TPSA) is 0 Å². The first kappa shape index (κ1) is 29.3. The fraction of sp³-hybridized carbons (Fsp3) is 0.280. The Hall–Kier alpha value is 1.73. The second-order valence-corrected chi connectivity index (χ2v) is 26.0. The first-order valence-corrected chi connectivity index (χ1v) is 25.2. The van der Waals surface area contributed by atoms with Crippen molar-refractivity contribution in [3.63, 3.8) is 0 Å². The number of fused-ring (bicyclic) bond motifs is 2. The van der Waals surface area contributed by atoms with E-state index in [0.29, 0.717) is 0 Å². The van der Waals surface area contributed by atoms with Crippen LogP contribution in [0.2, 0.25) is 18.6 Å². The van der Waals surface area contributed by atoms with Crippen LogP contribution in [-0.2, 0) is 20.8 Å². The molecule has 0 heterocycles. The van der Waals surface area contributed by atoms with Crippen LogP contribution in [0.25, 0.3) is 0 Å². The molecule has 4 aliphatic carbocycles. The second kappa shape index (κ2) is 13.0. The Bertz CT molecular complexity index is 714. The van der Waals surface area contributed by atoms with Crippen molar-refractivity contribution >= 4 is 64.3 Å². The van der Waals surface area contributed by atoms with Gasteiger partial charge < -0.3 is 0 Å². The number of unbranched alkanes of at least 4 members (excludes halogenated alkanes) is 1. The third-order valence-corrected chi connectivity index (χ3v) is 14.0. The van der Waals surface area contributed by atoms with Gasteiger partial charge in [-0.3, -0.25) is 0 Å². The van der Waals surface area contributed by atoms with Gasteiger partial charge >= 0.3 is 43.9 Å². The van der Waals surface area contributed by atoms with Crippen LogP contribution in [0.1, 0.15) is 26.7 Å². The molecule has 2 fully saturated rings. The van der Waals surface area contributed by atoms with Crippen LogP contribution in [-0.4, -0.2) is 14.1 Å². The summed E-state index contributed by atoms with van der Waals surface area (Å²) in [4.78, 5) is 0. The van der Waals surface area contributed by atoms with Gasteiger partial charge in [-0.2, -0.15) is 0 Å². The van der Waals surface area contributed by atoms with Crippen molar-refractivity contribution < 1.29 is 20.8 Å². The zero-order valence-electron chi connectivity index (χ0n) is 19.0. The summed E-state index contributed by atoms with van der Waals surface area (Å²) in [6.45, 7) is 7.13. The average molecular weight is 652 g/mol. The van der Waals surface area contributed by atoms with Crippen molar-refractivity contribution in [2.75, 3.05) is 0 Å². The number of halogens is 5. The molecular weight excluding hydrogens is 625 g/mol. The summed E-state index contributed by atoms with van der Waals surface area (Å²) >= 11 is 17.7. The Morgan fingerprint density at radius 2 is 1.09 bits per heavy atom. The molecule has 0 bridgehead atoms. The number of hydrogen-bond acceptors (Lipinski definition) is 0. The van der Waals surface area contributed by atoms with Gasteiger partial charge in [0.25, 0.3) is 0 Å². The fourth-order valence-corrected chi connectivity index (χ4v) is 12.5. The molecule has 2 saturated carbocycles. The van der Waals surface area contributed by atoms with E-state index in [2.05, 4.69) is 81.8 Å². The van der Waals surface area contributed by atoms with Gasteiger partial charge in [0.15, 0.2) is 0 Å². The van der Waals surface area contributed by atoms with E-state index in [0.717, 1.165) is 18.9 Å². The van der Waals surface area contributed by atoms with Crippen molar-refractivity contribution in [1.82, 2.24) is 0 Å². The second-order valence-electron chi connectivity index (χ2n) is 8.81. The standard InChI is InChI=1S/C25H27Cl3Si2.2ClH.Zr/c1-18-16-20-10-4-6-12-22(20)24(18)29(3,14-8-9-15-30(26,27)28)25-19(2)17-21-11-5-7-13-23(21)25;;;/h4-7,10-13,16-17H,8-9,14-15H2,1-3H3;2*1H;/q;;;+4/p-2. The molecule has 0 aromatic carbocycles. The molecule has 0 aromatic heterocycles. The van der Waals surface area contributed by atoms with Crippen LogP contribution >= 0.6 is 50.3 Å². The van der Waals surface area contributed by atoms with Crippen molar-refractivity contribution in [1.29, 1.82) is 0 Å². The number of allylic oxidation sites excluding steroid dienone is 8. The van der Waals surface area contributed by atoms with Crippen LogP contribution in [0.5, 0.6) is 0 Å². The molecule has 172 valence electrons. The Morgan fingerprint density at radius 1 is 0.697 bits per heavy atom. The SMILES string of the molecule is C[C]1[CH][C]2C=CC=C[C]2[C]1[Si](C)(CCCC[Si](Cl)(Cl)Cl)[C]1[C](C)[CH][C]2C=CC=C[C]21.[Cl][Zr+2][Cl]. The third-order valence-electron chi connectivity index (χ3n) is 6.48. The molecule has 0 spiro atoms. The summed E-state index contributed by atoms with van der Waals surface area (Å²) in [5.74, 6) is 8.39. The van der Waals surface area contributed by atoms with Gasteiger partial charge in [0, 0.05) is 23.7 Å². The van der Waals surface area contributed by atoms with Gasteiger partial charge in [-0.1, -0.05) is 87.9 Å². The molecule has 0 atom stereocenters. The van der Waals surface area contributed by atoms with Crippen molar-refractivity contribution in [3.8, 4) is 0 Å². The maximum atomic E-state index is 6.17. The molecule has 0 saturated heterocycles. The molecule has 4 aliphatic rings. The van der Waals surface area contributed by atoms with Gasteiger partial charge in [-0.25, -0.2) is 0 Å². The van der Waals surface area contributed by atoms with Gasteiger partial charge in [0.2, 0.25) is 0 Å². The van der Waals surface area contributed by atoms with Gasteiger partial charge in [-0.15, -0.1) is 33.2 Å². The predicted octanol–water partition coefficient (Wildman–Crippen LogP) is 9.28. The van der Waals surface area contributed by atoms with E-state index in [9.17, 15) is 0 Å². The monoisotopic (exact) mass is 648 g/mol. The van der Waals surface area contributed by atoms with Gasteiger partial charge in [0.1, 0.15) is 0 Å². The molecule has 0 amide bonds. The van der Waals surface area contributed by atoms with Crippen LogP contribution in [0.3, 0.4) is 0 Å². The van der Waals surface area contributed by atoms with Gasteiger partial charge in [0.05, 0.1) is 8.07 Å². The van der Waals surface area contributed by atoms with E-state index in [-0.39, 0.29) is 0 Å². The normalized spacial score (nSPS) is 23.6. The summed E-state index contributed by atoms with van der Waals surface area (Å²) in [7, 11) is 7.84. The first-order valence-electron chi connectivity index (χ1n) is 11.0. The van der Waals surface area contributed by atoms with E-state index >= 15 is 0 Å². The van der Waals surface area contributed by atoms with Crippen molar-refractivity contribution in [2.24, 2.45) is 0 Å². The van der Waals surface area contributed by atoms with E-state index in [1.807, 2.05) is 0 Å². The molecule has 33 heavy (non-hydrogen) atoms. The molecule has 0 aromatic rings. The Morgan fingerprint density at radius 3 is 1.52 bits per heavy atom. The summed E-state index contributed by atoms with van der Waals surface area (Å²) in [6, 6.07) is -0.651. The van der Waals surface area contributed by atoms with Crippen molar-refractivity contribution in [2.45, 2.75) is 45.3 Å². The zero-order valence-corrected chi connectivity index (χ0v) is 27.2. The molecule has 0 unspecified atom stereocenters. The van der Waals surface area contributed by atoms with E-state index in [4.69, 9.17) is 50.3 Å².